The van der Waals surface area contributed by atoms with Crippen LogP contribution in [0.5, 0.6) is 0 Å². The summed E-state index contributed by atoms with van der Waals surface area (Å²) in [6.07, 6.45) is -1.77. The quantitative estimate of drug-likeness (QED) is 0.675. The first-order valence-corrected chi connectivity index (χ1v) is 7.11. The zero-order valence-corrected chi connectivity index (χ0v) is 12.5. The van der Waals surface area contributed by atoms with E-state index in [1.54, 1.807) is 24.3 Å². The van der Waals surface area contributed by atoms with E-state index in [0.29, 0.717) is 0 Å². The number of aliphatic carboxylic acids is 2. The molecule has 9 nitrogen and oxygen atoms in total. The van der Waals surface area contributed by atoms with Crippen LogP contribution in [0.3, 0.4) is 0 Å². The molecular formula is C15H16N2O7. The Labute approximate surface area is 136 Å². The van der Waals surface area contributed by atoms with E-state index in [4.69, 9.17) is 19.8 Å². The molecule has 0 radical (unpaired) electrons. The van der Waals surface area contributed by atoms with Crippen LogP contribution in [0.1, 0.15) is 18.4 Å². The molecule has 0 spiro atoms. The molecule has 0 saturated heterocycles. The molecule has 2 atom stereocenters. The molecule has 0 saturated carbocycles. The predicted octanol–water partition coefficient (Wildman–Crippen LogP) is 0.986. The number of amides is 1. The van der Waals surface area contributed by atoms with Gasteiger partial charge in [-0.2, -0.15) is 0 Å². The summed E-state index contributed by atoms with van der Waals surface area (Å²) in [4.78, 5) is 38.6. The van der Waals surface area contributed by atoms with E-state index in [-0.39, 0.29) is 25.2 Å². The molecule has 128 valence electrons. The van der Waals surface area contributed by atoms with Crippen molar-refractivity contribution in [3.8, 4) is 0 Å². The summed E-state index contributed by atoms with van der Waals surface area (Å²) in [5.74, 6) is -2.50. The first-order valence-electron chi connectivity index (χ1n) is 7.11. The van der Waals surface area contributed by atoms with Gasteiger partial charge in [-0.1, -0.05) is 35.5 Å². The van der Waals surface area contributed by atoms with Gasteiger partial charge in [0.15, 0.2) is 5.71 Å². The zero-order valence-electron chi connectivity index (χ0n) is 12.5. The van der Waals surface area contributed by atoms with Crippen LogP contribution in [0.2, 0.25) is 0 Å². The number of rotatable bonds is 7. The largest absolute Gasteiger partial charge is 0.480 e. The highest BCUT2D eigenvalue weighted by atomic mass is 16.6. The second-order valence-electron chi connectivity index (χ2n) is 5.11. The van der Waals surface area contributed by atoms with Gasteiger partial charge in [-0.25, -0.2) is 14.4 Å². The highest BCUT2D eigenvalue weighted by Crippen LogP contribution is 2.16. The van der Waals surface area contributed by atoms with Gasteiger partial charge in [-0.3, -0.25) is 0 Å². The topological polar surface area (TPSA) is 135 Å². The van der Waals surface area contributed by atoms with E-state index in [1.165, 1.54) is 0 Å². The SMILES string of the molecule is O=C(N[C@@H](C[C@@H]1CC(C(=O)O)=NO1)C(=O)O)OCc1ccccc1. The molecule has 0 fully saturated rings. The summed E-state index contributed by atoms with van der Waals surface area (Å²) in [5, 5.41) is 23.5. The smallest absolute Gasteiger partial charge is 0.408 e. The van der Waals surface area contributed by atoms with Gasteiger partial charge in [0.25, 0.3) is 0 Å². The zero-order chi connectivity index (χ0) is 17.5. The van der Waals surface area contributed by atoms with Crippen LogP contribution in [0, 0.1) is 0 Å². The lowest BCUT2D eigenvalue weighted by Crippen LogP contribution is -2.43. The molecule has 3 N–H and O–H groups in total. The van der Waals surface area contributed by atoms with Crippen LogP contribution in [-0.2, 0) is 25.8 Å². The van der Waals surface area contributed by atoms with Crippen molar-refractivity contribution in [1.82, 2.24) is 5.32 Å². The number of nitrogens with one attached hydrogen (secondary N) is 1. The summed E-state index contributed by atoms with van der Waals surface area (Å²) in [6.45, 7) is 0.00517. The molecule has 1 amide bonds. The molecule has 24 heavy (non-hydrogen) atoms. The molecule has 1 aromatic carbocycles. The van der Waals surface area contributed by atoms with Crippen molar-refractivity contribution in [2.75, 3.05) is 0 Å². The minimum Gasteiger partial charge on any atom is -0.480 e. The molecule has 0 aromatic heterocycles. The first-order chi connectivity index (χ1) is 11.5. The maximum Gasteiger partial charge on any atom is 0.408 e. The van der Waals surface area contributed by atoms with Crippen LogP contribution in [0.4, 0.5) is 4.79 Å². The van der Waals surface area contributed by atoms with E-state index in [0.717, 1.165) is 5.56 Å². The third kappa shape index (κ3) is 4.97. The molecule has 0 bridgehead atoms. The molecule has 1 aromatic rings. The minimum atomic E-state index is -1.28. The van der Waals surface area contributed by atoms with Crippen molar-refractivity contribution < 1.29 is 34.2 Å². The van der Waals surface area contributed by atoms with E-state index < -0.39 is 30.2 Å². The Kier molecular flexibility index (Phi) is 5.72. The highest BCUT2D eigenvalue weighted by molar-refractivity contribution is 6.35. The van der Waals surface area contributed by atoms with Gasteiger partial charge in [0.05, 0.1) is 0 Å². The van der Waals surface area contributed by atoms with Gasteiger partial charge in [-0.15, -0.1) is 0 Å². The lowest BCUT2D eigenvalue weighted by Gasteiger charge is -2.17. The molecule has 9 heteroatoms. The van der Waals surface area contributed by atoms with Crippen molar-refractivity contribution in [2.24, 2.45) is 5.16 Å². The minimum absolute atomic E-state index is 0.00517. The van der Waals surface area contributed by atoms with Crippen LogP contribution >= 0.6 is 0 Å². The highest BCUT2D eigenvalue weighted by Gasteiger charge is 2.32. The fraction of sp³-hybridized carbons (Fsp3) is 0.333. The number of carboxylic acid groups (broad SMARTS) is 2. The van der Waals surface area contributed by atoms with Gasteiger partial charge < -0.3 is 25.1 Å². The second-order valence-corrected chi connectivity index (χ2v) is 5.11. The molecule has 1 heterocycles. The Morgan fingerprint density at radius 2 is 2.00 bits per heavy atom. The lowest BCUT2D eigenvalue weighted by molar-refractivity contribution is -0.140. The summed E-state index contributed by atoms with van der Waals surface area (Å²) >= 11 is 0. The van der Waals surface area contributed by atoms with Gasteiger partial charge >= 0.3 is 18.0 Å². The Hall–Kier alpha value is -3.10. The summed E-state index contributed by atoms with van der Waals surface area (Å²) in [6, 6.07) is 7.64. The summed E-state index contributed by atoms with van der Waals surface area (Å²) < 4.78 is 4.96. The monoisotopic (exact) mass is 336 g/mol. The van der Waals surface area contributed by atoms with Crippen LogP contribution in [0.15, 0.2) is 35.5 Å². The van der Waals surface area contributed by atoms with Gasteiger partial charge in [0, 0.05) is 12.8 Å². The number of alkyl carbamates (subject to hydrolysis) is 1. The number of hydrogen-bond donors (Lipinski definition) is 3. The van der Waals surface area contributed by atoms with Crippen LogP contribution in [0.25, 0.3) is 0 Å². The normalized spacial score (nSPS) is 17.3. The Bertz CT molecular complexity index is 644. The third-order valence-corrected chi connectivity index (χ3v) is 3.28. The Morgan fingerprint density at radius 1 is 1.29 bits per heavy atom. The standard InChI is InChI=1S/C15H16N2O7/c18-13(19)11(6-10-7-12(14(20)21)17-24-10)16-15(22)23-8-9-4-2-1-3-5-9/h1-5,10-11H,6-8H2,(H,16,22)(H,18,19)(H,20,21)/t10-,11+/m1/s1. The summed E-state index contributed by atoms with van der Waals surface area (Å²) in [5.41, 5.74) is 0.578. The number of carbonyl (C=O) groups excluding carboxylic acids is 1. The van der Waals surface area contributed by atoms with Gasteiger partial charge in [0.1, 0.15) is 18.8 Å². The lowest BCUT2D eigenvalue weighted by atomic mass is 10.1. The number of ether oxygens (including phenoxy) is 1. The second kappa shape index (κ2) is 7.95. The predicted molar refractivity (Wildman–Crippen MR) is 80.4 cm³/mol. The first kappa shape index (κ1) is 17.3. The van der Waals surface area contributed by atoms with Crippen molar-refractivity contribution in [3.63, 3.8) is 0 Å². The molecule has 0 aliphatic carbocycles. The van der Waals surface area contributed by atoms with Crippen molar-refractivity contribution in [1.29, 1.82) is 0 Å². The number of nitrogens with zero attached hydrogens (tertiary/aromatic N) is 1. The van der Waals surface area contributed by atoms with Crippen molar-refractivity contribution in [2.45, 2.75) is 31.6 Å². The molecule has 1 aliphatic rings. The summed E-state index contributed by atoms with van der Waals surface area (Å²) in [7, 11) is 0. The molecule has 1 aliphatic heterocycles. The van der Waals surface area contributed by atoms with E-state index >= 15 is 0 Å². The van der Waals surface area contributed by atoms with Gasteiger partial charge in [0.2, 0.25) is 0 Å². The van der Waals surface area contributed by atoms with Crippen molar-refractivity contribution >= 4 is 23.7 Å². The van der Waals surface area contributed by atoms with E-state index in [1.807, 2.05) is 6.07 Å². The molecule has 0 unspecified atom stereocenters. The fourth-order valence-corrected chi connectivity index (χ4v) is 2.07. The Balaban J connectivity index is 1.82. The number of oxime groups is 1. The van der Waals surface area contributed by atoms with Crippen LogP contribution in [-0.4, -0.2) is 46.1 Å². The number of hydrogen-bond acceptors (Lipinski definition) is 6. The van der Waals surface area contributed by atoms with E-state index in [2.05, 4.69) is 10.5 Å². The third-order valence-electron chi connectivity index (χ3n) is 3.28. The fourth-order valence-electron chi connectivity index (χ4n) is 2.07. The Morgan fingerprint density at radius 3 is 2.58 bits per heavy atom. The average Bonchev–Trinajstić information content (AvgIpc) is 3.02. The van der Waals surface area contributed by atoms with Gasteiger partial charge in [-0.05, 0) is 5.56 Å². The molecular weight excluding hydrogens is 320 g/mol. The van der Waals surface area contributed by atoms with Crippen LogP contribution < -0.4 is 5.32 Å². The number of benzene rings is 1. The van der Waals surface area contributed by atoms with Crippen molar-refractivity contribution in [3.05, 3.63) is 35.9 Å². The number of carboxylic acids is 2. The maximum absolute atomic E-state index is 11.7. The maximum atomic E-state index is 11.7. The molecule has 2 rings (SSSR count). The number of carbonyl (C=O) groups is 3. The average molecular weight is 336 g/mol. The van der Waals surface area contributed by atoms with E-state index in [9.17, 15) is 14.4 Å².